The molecule has 7 heteroatoms. The summed E-state index contributed by atoms with van der Waals surface area (Å²) in [5.74, 6) is -1.25. The normalized spacial score (nSPS) is 17.6. The Labute approximate surface area is 131 Å². The number of carbonyl (C=O) groups excluding carboxylic acids is 2. The molecule has 1 fully saturated rings. The summed E-state index contributed by atoms with van der Waals surface area (Å²) in [6.45, 7) is 3.73. The largest absolute Gasteiger partial charge is 0.368 e. The highest BCUT2D eigenvalue weighted by Crippen LogP contribution is 2.18. The van der Waals surface area contributed by atoms with Crippen LogP contribution in [-0.2, 0) is 4.79 Å². The number of nitrogens with zero attached hydrogens (tertiary/aromatic N) is 2. The first-order chi connectivity index (χ1) is 9.90. The Morgan fingerprint density at radius 3 is 2.48 bits per heavy atom. The zero-order valence-corrected chi connectivity index (χ0v) is 13.3. The Balaban J connectivity index is 2.03. The molecular weight excluding hydrogens is 341 g/mol. The molecule has 1 aromatic rings. The number of amides is 2. The van der Waals surface area contributed by atoms with Gasteiger partial charge in [-0.25, -0.2) is 4.39 Å². The Morgan fingerprint density at radius 2 is 1.90 bits per heavy atom. The van der Waals surface area contributed by atoms with Crippen LogP contribution in [0.4, 0.5) is 4.39 Å². The molecule has 21 heavy (non-hydrogen) atoms. The second-order valence-corrected chi connectivity index (χ2v) is 5.95. The average Bonchev–Trinajstić information content (AvgIpc) is 2.48. The molecule has 2 rings (SSSR count). The summed E-state index contributed by atoms with van der Waals surface area (Å²) < 4.78 is 14.4. The van der Waals surface area contributed by atoms with E-state index in [2.05, 4.69) is 15.9 Å². The average molecular weight is 358 g/mol. The smallest absolute Gasteiger partial charge is 0.256 e. The van der Waals surface area contributed by atoms with Crippen LogP contribution in [0, 0.1) is 5.82 Å². The lowest BCUT2D eigenvalue weighted by Crippen LogP contribution is -2.54. The van der Waals surface area contributed by atoms with Crippen molar-refractivity contribution in [2.24, 2.45) is 5.73 Å². The summed E-state index contributed by atoms with van der Waals surface area (Å²) in [7, 11) is 0. The van der Waals surface area contributed by atoms with Gasteiger partial charge in [-0.1, -0.05) is 15.9 Å². The van der Waals surface area contributed by atoms with Gasteiger partial charge in [0.15, 0.2) is 0 Å². The highest BCUT2D eigenvalue weighted by Gasteiger charge is 2.27. The maximum Gasteiger partial charge on any atom is 0.256 e. The van der Waals surface area contributed by atoms with Gasteiger partial charge in [0.1, 0.15) is 5.82 Å². The lowest BCUT2D eigenvalue weighted by atomic mass is 10.1. The third-order valence-corrected chi connectivity index (χ3v) is 4.21. The van der Waals surface area contributed by atoms with Crippen molar-refractivity contribution < 1.29 is 14.0 Å². The zero-order chi connectivity index (χ0) is 15.6. The fourth-order valence-electron chi connectivity index (χ4n) is 2.32. The van der Waals surface area contributed by atoms with Crippen molar-refractivity contribution in [1.82, 2.24) is 9.80 Å². The van der Waals surface area contributed by atoms with Gasteiger partial charge in [-0.15, -0.1) is 0 Å². The van der Waals surface area contributed by atoms with Crippen LogP contribution < -0.4 is 5.73 Å². The minimum absolute atomic E-state index is 0.0563. The third-order valence-electron chi connectivity index (χ3n) is 3.72. The predicted octanol–water partition coefficient (Wildman–Crippen LogP) is 1.22. The van der Waals surface area contributed by atoms with Crippen molar-refractivity contribution in [3.63, 3.8) is 0 Å². The monoisotopic (exact) mass is 357 g/mol. The van der Waals surface area contributed by atoms with Crippen LogP contribution in [0.3, 0.4) is 0 Å². The number of hydrogen-bond donors (Lipinski definition) is 1. The fraction of sp³-hybridized carbons (Fsp3) is 0.429. The van der Waals surface area contributed by atoms with Crippen LogP contribution in [0.25, 0.3) is 0 Å². The summed E-state index contributed by atoms with van der Waals surface area (Å²) in [6, 6.07) is 3.95. The van der Waals surface area contributed by atoms with E-state index in [9.17, 15) is 14.0 Å². The molecule has 0 spiro atoms. The van der Waals surface area contributed by atoms with Gasteiger partial charge in [-0.3, -0.25) is 14.5 Å². The lowest BCUT2D eigenvalue weighted by Gasteiger charge is -2.37. The summed E-state index contributed by atoms with van der Waals surface area (Å²) >= 11 is 3.24. The molecule has 1 aliphatic rings. The Bertz CT molecular complexity index is 559. The van der Waals surface area contributed by atoms with Gasteiger partial charge < -0.3 is 10.6 Å². The maximum absolute atomic E-state index is 13.7. The second-order valence-electron chi connectivity index (χ2n) is 5.03. The van der Waals surface area contributed by atoms with Crippen LogP contribution in [0.15, 0.2) is 22.7 Å². The molecule has 1 saturated heterocycles. The topological polar surface area (TPSA) is 66.6 Å². The quantitative estimate of drug-likeness (QED) is 0.884. The van der Waals surface area contributed by atoms with Crippen molar-refractivity contribution >= 4 is 27.7 Å². The molecule has 2 amide bonds. The van der Waals surface area contributed by atoms with E-state index >= 15 is 0 Å². The molecule has 1 atom stereocenters. The van der Waals surface area contributed by atoms with Gasteiger partial charge in [0, 0.05) is 30.7 Å². The predicted molar refractivity (Wildman–Crippen MR) is 80.2 cm³/mol. The number of rotatable bonds is 3. The third kappa shape index (κ3) is 3.59. The fourth-order valence-corrected chi connectivity index (χ4v) is 2.69. The molecule has 0 radical (unpaired) electrons. The first-order valence-electron chi connectivity index (χ1n) is 6.68. The highest BCUT2D eigenvalue weighted by molar-refractivity contribution is 9.10. The standard InChI is InChI=1S/C14H17BrFN3O2/c1-9(13(17)20)18-4-6-19(7-5-18)14(21)11-8-10(15)2-3-12(11)16/h2-3,8-9H,4-7H2,1H3,(H2,17,20). The Kier molecular flexibility index (Phi) is 4.95. The molecular formula is C14H17BrFN3O2. The van der Waals surface area contributed by atoms with Crippen LogP contribution >= 0.6 is 15.9 Å². The van der Waals surface area contributed by atoms with Crippen LogP contribution in [0.2, 0.25) is 0 Å². The van der Waals surface area contributed by atoms with Crippen molar-refractivity contribution in [3.8, 4) is 0 Å². The molecule has 114 valence electrons. The summed E-state index contributed by atoms with van der Waals surface area (Å²) in [6.07, 6.45) is 0. The molecule has 1 aliphatic heterocycles. The van der Waals surface area contributed by atoms with E-state index in [0.717, 1.165) is 0 Å². The molecule has 0 saturated carbocycles. The molecule has 0 bridgehead atoms. The maximum atomic E-state index is 13.7. The van der Waals surface area contributed by atoms with Gasteiger partial charge in [0.25, 0.3) is 5.91 Å². The van der Waals surface area contributed by atoms with Crippen LogP contribution in [0.5, 0.6) is 0 Å². The van der Waals surface area contributed by atoms with E-state index in [1.54, 1.807) is 17.9 Å². The minimum atomic E-state index is -0.531. The van der Waals surface area contributed by atoms with Crippen molar-refractivity contribution in [2.45, 2.75) is 13.0 Å². The van der Waals surface area contributed by atoms with E-state index in [1.807, 2.05) is 4.90 Å². The number of nitrogens with two attached hydrogens (primary N) is 1. The minimum Gasteiger partial charge on any atom is -0.368 e. The molecule has 0 aromatic heterocycles. The summed E-state index contributed by atoms with van der Waals surface area (Å²) in [5.41, 5.74) is 5.33. The number of carbonyl (C=O) groups is 2. The Morgan fingerprint density at radius 1 is 1.29 bits per heavy atom. The number of primary amides is 1. The highest BCUT2D eigenvalue weighted by atomic mass is 79.9. The number of halogens is 2. The lowest BCUT2D eigenvalue weighted by molar-refractivity contribution is -0.123. The van der Waals surface area contributed by atoms with E-state index < -0.39 is 5.82 Å². The van der Waals surface area contributed by atoms with Gasteiger partial charge in [-0.2, -0.15) is 0 Å². The van der Waals surface area contributed by atoms with Crippen LogP contribution in [-0.4, -0.2) is 53.8 Å². The Hall–Kier alpha value is -1.47. The summed E-state index contributed by atoms with van der Waals surface area (Å²) in [4.78, 5) is 27.0. The van der Waals surface area contributed by atoms with Gasteiger partial charge in [-0.05, 0) is 25.1 Å². The van der Waals surface area contributed by atoms with Gasteiger partial charge >= 0.3 is 0 Å². The number of piperazine rings is 1. The van der Waals surface area contributed by atoms with Crippen molar-refractivity contribution in [3.05, 3.63) is 34.1 Å². The van der Waals surface area contributed by atoms with Crippen LogP contribution in [0.1, 0.15) is 17.3 Å². The summed E-state index contributed by atoms with van der Waals surface area (Å²) in [5, 5.41) is 0. The van der Waals surface area contributed by atoms with E-state index in [0.29, 0.717) is 30.7 Å². The molecule has 1 heterocycles. The number of benzene rings is 1. The molecule has 1 unspecified atom stereocenters. The number of hydrogen-bond acceptors (Lipinski definition) is 3. The SMILES string of the molecule is CC(C(N)=O)N1CCN(C(=O)c2cc(Br)ccc2F)CC1. The molecule has 1 aromatic carbocycles. The first kappa shape index (κ1) is 15.9. The zero-order valence-electron chi connectivity index (χ0n) is 11.7. The van der Waals surface area contributed by atoms with Gasteiger partial charge in [0.2, 0.25) is 5.91 Å². The molecule has 5 nitrogen and oxygen atoms in total. The van der Waals surface area contributed by atoms with E-state index in [1.165, 1.54) is 12.1 Å². The second kappa shape index (κ2) is 6.53. The van der Waals surface area contributed by atoms with Crippen molar-refractivity contribution in [2.75, 3.05) is 26.2 Å². The van der Waals surface area contributed by atoms with E-state index in [-0.39, 0.29) is 23.4 Å². The van der Waals surface area contributed by atoms with Gasteiger partial charge in [0.05, 0.1) is 11.6 Å². The van der Waals surface area contributed by atoms with E-state index in [4.69, 9.17) is 5.73 Å². The van der Waals surface area contributed by atoms with Crippen molar-refractivity contribution in [1.29, 1.82) is 0 Å². The molecule has 2 N–H and O–H groups in total. The first-order valence-corrected chi connectivity index (χ1v) is 7.47. The molecule has 0 aliphatic carbocycles.